The Morgan fingerprint density at radius 2 is 2.00 bits per heavy atom. The van der Waals surface area contributed by atoms with Crippen molar-refractivity contribution in [1.82, 2.24) is 9.78 Å². The van der Waals surface area contributed by atoms with Gasteiger partial charge < -0.3 is 5.11 Å². The van der Waals surface area contributed by atoms with Gasteiger partial charge in [0, 0.05) is 7.05 Å². The highest BCUT2D eigenvalue weighted by molar-refractivity contribution is 5.70. The van der Waals surface area contributed by atoms with Gasteiger partial charge in [0.25, 0.3) is 0 Å². The van der Waals surface area contributed by atoms with Crippen molar-refractivity contribution in [2.75, 3.05) is 0 Å². The van der Waals surface area contributed by atoms with E-state index in [0.717, 1.165) is 11.3 Å². The molecule has 0 atom stereocenters. The molecule has 4 nitrogen and oxygen atoms in total. The Kier molecular flexibility index (Phi) is 2.95. The fraction of sp³-hybridized carbons (Fsp3) is 0.231. The van der Waals surface area contributed by atoms with E-state index in [0.29, 0.717) is 5.69 Å². The number of hydrogen-bond donors (Lipinski definition) is 1. The van der Waals surface area contributed by atoms with Gasteiger partial charge in [0.05, 0.1) is 17.8 Å². The van der Waals surface area contributed by atoms with Crippen LogP contribution in [0, 0.1) is 6.92 Å². The first kappa shape index (κ1) is 11.4. The van der Waals surface area contributed by atoms with E-state index in [-0.39, 0.29) is 6.42 Å². The Labute approximate surface area is 99.5 Å². The fourth-order valence-electron chi connectivity index (χ4n) is 1.76. The highest BCUT2D eigenvalue weighted by Crippen LogP contribution is 2.20. The van der Waals surface area contributed by atoms with Crippen molar-refractivity contribution in [2.24, 2.45) is 7.05 Å². The van der Waals surface area contributed by atoms with Gasteiger partial charge in [-0.05, 0) is 18.6 Å². The molecule has 1 N–H and O–H groups in total. The number of carbonyl (C=O) groups is 1. The van der Waals surface area contributed by atoms with Crippen molar-refractivity contribution in [3.63, 3.8) is 0 Å². The lowest BCUT2D eigenvalue weighted by Crippen LogP contribution is -2.01. The lowest BCUT2D eigenvalue weighted by atomic mass is 10.1. The third-order valence-corrected chi connectivity index (χ3v) is 2.61. The van der Waals surface area contributed by atoms with Crippen LogP contribution in [0.1, 0.15) is 11.3 Å². The SMILES string of the molecule is Cc1ccc(-c2cc(CC(=O)O)nn2C)cc1. The van der Waals surface area contributed by atoms with Crippen molar-refractivity contribution in [3.8, 4) is 11.3 Å². The largest absolute Gasteiger partial charge is 0.481 e. The van der Waals surface area contributed by atoms with Crippen molar-refractivity contribution in [3.05, 3.63) is 41.6 Å². The molecular weight excluding hydrogens is 216 g/mol. The molecule has 0 amide bonds. The van der Waals surface area contributed by atoms with Crippen molar-refractivity contribution in [2.45, 2.75) is 13.3 Å². The van der Waals surface area contributed by atoms with Gasteiger partial charge >= 0.3 is 5.97 Å². The Morgan fingerprint density at radius 3 is 2.59 bits per heavy atom. The van der Waals surface area contributed by atoms with Crippen LogP contribution in [0.5, 0.6) is 0 Å². The molecule has 4 heteroatoms. The van der Waals surface area contributed by atoms with Gasteiger partial charge in [0.15, 0.2) is 0 Å². The summed E-state index contributed by atoms with van der Waals surface area (Å²) >= 11 is 0. The average molecular weight is 230 g/mol. The fourth-order valence-corrected chi connectivity index (χ4v) is 1.76. The Hall–Kier alpha value is -2.10. The van der Waals surface area contributed by atoms with Crippen LogP contribution in [0.4, 0.5) is 0 Å². The highest BCUT2D eigenvalue weighted by atomic mass is 16.4. The summed E-state index contributed by atoms with van der Waals surface area (Å²) in [4.78, 5) is 10.6. The van der Waals surface area contributed by atoms with Crippen LogP contribution < -0.4 is 0 Å². The molecule has 0 saturated heterocycles. The second-order valence-electron chi connectivity index (χ2n) is 4.08. The van der Waals surface area contributed by atoms with E-state index < -0.39 is 5.97 Å². The topological polar surface area (TPSA) is 55.1 Å². The first-order valence-electron chi connectivity index (χ1n) is 5.38. The minimum Gasteiger partial charge on any atom is -0.481 e. The minimum absolute atomic E-state index is 0.0420. The molecule has 1 aromatic heterocycles. The quantitative estimate of drug-likeness (QED) is 0.877. The van der Waals surface area contributed by atoms with Crippen LogP contribution >= 0.6 is 0 Å². The minimum atomic E-state index is -0.862. The number of rotatable bonds is 3. The number of benzene rings is 1. The van der Waals surface area contributed by atoms with E-state index in [1.807, 2.05) is 44.3 Å². The molecule has 1 aromatic carbocycles. The first-order chi connectivity index (χ1) is 8.06. The molecule has 0 fully saturated rings. The van der Waals surface area contributed by atoms with Gasteiger partial charge in [-0.1, -0.05) is 29.8 Å². The van der Waals surface area contributed by atoms with Gasteiger partial charge in [-0.2, -0.15) is 5.10 Å². The summed E-state index contributed by atoms with van der Waals surface area (Å²) in [5.41, 5.74) is 3.75. The first-order valence-corrected chi connectivity index (χ1v) is 5.38. The summed E-state index contributed by atoms with van der Waals surface area (Å²) in [5, 5.41) is 12.9. The van der Waals surface area contributed by atoms with Gasteiger partial charge in [-0.3, -0.25) is 9.48 Å². The van der Waals surface area contributed by atoms with E-state index in [2.05, 4.69) is 5.10 Å². The van der Waals surface area contributed by atoms with Crippen LogP contribution in [-0.2, 0) is 18.3 Å². The normalized spacial score (nSPS) is 10.5. The van der Waals surface area contributed by atoms with Crippen LogP contribution in [0.2, 0.25) is 0 Å². The molecule has 17 heavy (non-hydrogen) atoms. The van der Waals surface area contributed by atoms with E-state index >= 15 is 0 Å². The predicted molar refractivity (Wildman–Crippen MR) is 64.7 cm³/mol. The maximum Gasteiger partial charge on any atom is 0.309 e. The highest BCUT2D eigenvalue weighted by Gasteiger charge is 2.09. The number of nitrogens with zero attached hydrogens (tertiary/aromatic N) is 2. The molecule has 0 aliphatic rings. The molecule has 0 saturated carbocycles. The van der Waals surface area contributed by atoms with Gasteiger partial charge in [-0.15, -0.1) is 0 Å². The van der Waals surface area contributed by atoms with E-state index in [4.69, 9.17) is 5.11 Å². The average Bonchev–Trinajstić information content (AvgIpc) is 2.59. The molecule has 1 heterocycles. The predicted octanol–water partition coefficient (Wildman–Crippen LogP) is 2.02. The van der Waals surface area contributed by atoms with Gasteiger partial charge in [0.1, 0.15) is 0 Å². The molecule has 0 spiro atoms. The summed E-state index contributed by atoms with van der Waals surface area (Å²) in [7, 11) is 1.82. The van der Waals surface area contributed by atoms with Crippen molar-refractivity contribution in [1.29, 1.82) is 0 Å². The molecule has 2 rings (SSSR count). The van der Waals surface area contributed by atoms with E-state index in [1.165, 1.54) is 5.56 Å². The number of carboxylic acids is 1. The molecule has 0 aliphatic carbocycles. The monoisotopic (exact) mass is 230 g/mol. The third-order valence-electron chi connectivity index (χ3n) is 2.61. The van der Waals surface area contributed by atoms with Crippen LogP contribution in [0.15, 0.2) is 30.3 Å². The summed E-state index contributed by atoms with van der Waals surface area (Å²) in [6.45, 7) is 2.03. The Balaban J connectivity index is 2.35. The summed E-state index contributed by atoms with van der Waals surface area (Å²) in [6.07, 6.45) is -0.0420. The summed E-state index contributed by atoms with van der Waals surface area (Å²) in [5.74, 6) is -0.862. The lowest BCUT2D eigenvalue weighted by molar-refractivity contribution is -0.136. The second kappa shape index (κ2) is 4.41. The van der Waals surface area contributed by atoms with E-state index in [9.17, 15) is 4.79 Å². The maximum atomic E-state index is 10.6. The standard InChI is InChI=1S/C13H14N2O2/c1-9-3-5-10(6-4-9)12-7-11(8-13(16)17)14-15(12)2/h3-7H,8H2,1-2H3,(H,16,17). The number of carboxylic acid groups (broad SMARTS) is 1. The molecule has 88 valence electrons. The Morgan fingerprint density at radius 1 is 1.35 bits per heavy atom. The molecule has 0 bridgehead atoms. The zero-order chi connectivity index (χ0) is 12.4. The van der Waals surface area contributed by atoms with E-state index in [1.54, 1.807) is 4.68 Å². The van der Waals surface area contributed by atoms with Gasteiger partial charge in [0.2, 0.25) is 0 Å². The lowest BCUT2D eigenvalue weighted by Gasteiger charge is -2.01. The molecule has 0 radical (unpaired) electrons. The van der Waals surface area contributed by atoms with Crippen molar-refractivity contribution < 1.29 is 9.90 Å². The number of aryl methyl sites for hydroxylation is 2. The van der Waals surface area contributed by atoms with Crippen LogP contribution in [0.3, 0.4) is 0 Å². The Bertz CT molecular complexity index is 541. The summed E-state index contributed by atoms with van der Waals surface area (Å²) < 4.78 is 1.71. The van der Waals surface area contributed by atoms with Crippen LogP contribution in [0.25, 0.3) is 11.3 Å². The smallest absolute Gasteiger partial charge is 0.309 e. The number of aromatic nitrogens is 2. The molecule has 0 aliphatic heterocycles. The molecule has 0 unspecified atom stereocenters. The number of aliphatic carboxylic acids is 1. The van der Waals surface area contributed by atoms with Crippen molar-refractivity contribution >= 4 is 5.97 Å². The van der Waals surface area contributed by atoms with Gasteiger partial charge in [-0.25, -0.2) is 0 Å². The number of hydrogen-bond acceptors (Lipinski definition) is 2. The molecule has 2 aromatic rings. The maximum absolute atomic E-state index is 10.6. The zero-order valence-corrected chi connectivity index (χ0v) is 9.84. The zero-order valence-electron chi connectivity index (χ0n) is 9.84. The van der Waals surface area contributed by atoms with Crippen LogP contribution in [-0.4, -0.2) is 20.9 Å². The summed E-state index contributed by atoms with van der Waals surface area (Å²) in [6, 6.07) is 9.89. The third kappa shape index (κ3) is 2.53. The second-order valence-corrected chi connectivity index (χ2v) is 4.08. The molecular formula is C13H14N2O2.